The third-order valence-electron chi connectivity index (χ3n) is 4.85. The SMILES string of the molecule is C=CCn1c(SCC(=O)Nc2cccc(Cl)c2C)nnc1-c1cc2cccc(OC)c2o1. The second-order valence-electron chi connectivity index (χ2n) is 6.94. The molecule has 0 aliphatic heterocycles. The van der Waals surface area contributed by atoms with Gasteiger partial charge in [-0.2, -0.15) is 0 Å². The molecule has 2 aromatic carbocycles. The van der Waals surface area contributed by atoms with Crippen molar-refractivity contribution in [2.75, 3.05) is 18.2 Å². The van der Waals surface area contributed by atoms with E-state index >= 15 is 0 Å². The predicted molar refractivity (Wildman–Crippen MR) is 128 cm³/mol. The van der Waals surface area contributed by atoms with E-state index in [-0.39, 0.29) is 11.7 Å². The van der Waals surface area contributed by atoms with Crippen molar-refractivity contribution in [2.45, 2.75) is 18.6 Å². The Labute approximate surface area is 194 Å². The number of anilines is 1. The minimum Gasteiger partial charge on any atom is -0.493 e. The number of aromatic nitrogens is 3. The number of benzene rings is 2. The van der Waals surface area contributed by atoms with Crippen LogP contribution in [0.5, 0.6) is 5.75 Å². The number of hydrogen-bond donors (Lipinski definition) is 1. The van der Waals surface area contributed by atoms with Crippen LogP contribution in [-0.2, 0) is 11.3 Å². The van der Waals surface area contributed by atoms with E-state index in [2.05, 4.69) is 22.1 Å². The molecule has 2 heterocycles. The van der Waals surface area contributed by atoms with Gasteiger partial charge in [0.15, 0.2) is 22.2 Å². The smallest absolute Gasteiger partial charge is 0.234 e. The number of methoxy groups -OCH3 is 1. The maximum absolute atomic E-state index is 12.5. The second-order valence-corrected chi connectivity index (χ2v) is 8.29. The van der Waals surface area contributed by atoms with Gasteiger partial charge in [-0.25, -0.2) is 0 Å². The van der Waals surface area contributed by atoms with Gasteiger partial charge in [0.05, 0.1) is 12.9 Å². The predicted octanol–water partition coefficient (Wildman–Crippen LogP) is 5.58. The number of furan rings is 1. The lowest BCUT2D eigenvalue weighted by Gasteiger charge is -2.09. The molecule has 0 radical (unpaired) electrons. The van der Waals surface area contributed by atoms with E-state index in [1.165, 1.54) is 11.8 Å². The van der Waals surface area contributed by atoms with Crippen LogP contribution in [0.3, 0.4) is 0 Å². The molecule has 0 unspecified atom stereocenters. The lowest BCUT2D eigenvalue weighted by molar-refractivity contribution is -0.113. The first kappa shape index (κ1) is 22.0. The van der Waals surface area contributed by atoms with Gasteiger partial charge in [-0.15, -0.1) is 16.8 Å². The number of para-hydroxylation sites is 1. The fourth-order valence-corrected chi connectivity index (χ4v) is 4.16. The van der Waals surface area contributed by atoms with E-state index in [9.17, 15) is 4.79 Å². The number of allylic oxidation sites excluding steroid dienone is 1. The molecule has 4 aromatic rings. The Morgan fingerprint density at radius 1 is 1.31 bits per heavy atom. The topological polar surface area (TPSA) is 82.2 Å². The second kappa shape index (κ2) is 9.50. The van der Waals surface area contributed by atoms with Crippen molar-refractivity contribution in [1.82, 2.24) is 14.8 Å². The summed E-state index contributed by atoms with van der Waals surface area (Å²) in [5, 5.41) is 13.6. The maximum atomic E-state index is 12.5. The molecule has 0 aliphatic carbocycles. The molecule has 0 saturated carbocycles. The first-order valence-electron chi connectivity index (χ1n) is 9.80. The summed E-state index contributed by atoms with van der Waals surface area (Å²) in [7, 11) is 1.60. The van der Waals surface area contributed by atoms with Gasteiger partial charge < -0.3 is 14.5 Å². The largest absolute Gasteiger partial charge is 0.493 e. The molecule has 0 bridgehead atoms. The number of nitrogens with one attached hydrogen (secondary N) is 1. The zero-order valence-electron chi connectivity index (χ0n) is 17.6. The van der Waals surface area contributed by atoms with Crippen LogP contribution < -0.4 is 10.1 Å². The fourth-order valence-electron chi connectivity index (χ4n) is 3.24. The molecule has 32 heavy (non-hydrogen) atoms. The summed E-state index contributed by atoms with van der Waals surface area (Å²) in [5.74, 6) is 1.76. The number of fused-ring (bicyclic) bond motifs is 1. The summed E-state index contributed by atoms with van der Waals surface area (Å²) in [4.78, 5) is 12.5. The summed E-state index contributed by atoms with van der Waals surface area (Å²) in [6.45, 7) is 6.15. The molecule has 0 fully saturated rings. The number of nitrogens with zero attached hydrogens (tertiary/aromatic N) is 3. The molecule has 7 nitrogen and oxygen atoms in total. The Kier molecular flexibility index (Phi) is 6.53. The number of halogens is 1. The summed E-state index contributed by atoms with van der Waals surface area (Å²) in [5.41, 5.74) is 2.15. The summed E-state index contributed by atoms with van der Waals surface area (Å²) in [6, 6.07) is 13.0. The van der Waals surface area contributed by atoms with Crippen molar-refractivity contribution >= 4 is 45.9 Å². The van der Waals surface area contributed by atoms with E-state index in [0.29, 0.717) is 45.3 Å². The van der Waals surface area contributed by atoms with Crippen LogP contribution in [0.2, 0.25) is 5.02 Å². The molecule has 1 N–H and O–H groups in total. The van der Waals surface area contributed by atoms with Crippen molar-refractivity contribution in [3.63, 3.8) is 0 Å². The molecule has 0 saturated heterocycles. The van der Waals surface area contributed by atoms with Gasteiger partial charge in [0.1, 0.15) is 0 Å². The average molecular weight is 469 g/mol. The van der Waals surface area contributed by atoms with E-state index in [1.807, 2.05) is 41.8 Å². The molecule has 164 valence electrons. The fraction of sp³-hybridized carbons (Fsp3) is 0.174. The Hall–Kier alpha value is -3.23. The molecular weight excluding hydrogens is 448 g/mol. The van der Waals surface area contributed by atoms with Crippen molar-refractivity contribution < 1.29 is 13.9 Å². The summed E-state index contributed by atoms with van der Waals surface area (Å²) >= 11 is 7.42. The van der Waals surface area contributed by atoms with Crippen molar-refractivity contribution in [2.24, 2.45) is 0 Å². The van der Waals surface area contributed by atoms with Crippen LogP contribution in [0.25, 0.3) is 22.6 Å². The molecule has 0 aliphatic rings. The van der Waals surface area contributed by atoms with Gasteiger partial charge >= 0.3 is 0 Å². The minimum atomic E-state index is -0.163. The lowest BCUT2D eigenvalue weighted by Crippen LogP contribution is -2.15. The Morgan fingerprint density at radius 2 is 2.12 bits per heavy atom. The van der Waals surface area contributed by atoms with E-state index in [0.717, 1.165) is 10.9 Å². The van der Waals surface area contributed by atoms with Gasteiger partial charge in [-0.1, -0.05) is 47.6 Å². The molecule has 9 heteroatoms. The number of thioether (sulfide) groups is 1. The van der Waals surface area contributed by atoms with Crippen molar-refractivity contribution in [3.8, 4) is 17.3 Å². The Bertz CT molecular complexity index is 1300. The van der Waals surface area contributed by atoms with Crippen LogP contribution in [0.15, 0.2) is 64.7 Å². The molecule has 0 spiro atoms. The summed E-state index contributed by atoms with van der Waals surface area (Å²) in [6.07, 6.45) is 1.75. The van der Waals surface area contributed by atoms with E-state index in [1.54, 1.807) is 25.3 Å². The zero-order chi connectivity index (χ0) is 22.7. The third-order valence-corrected chi connectivity index (χ3v) is 6.23. The number of hydrogen-bond acceptors (Lipinski definition) is 6. The van der Waals surface area contributed by atoms with Crippen LogP contribution in [0, 0.1) is 6.92 Å². The molecule has 2 aromatic heterocycles. The van der Waals surface area contributed by atoms with Crippen LogP contribution >= 0.6 is 23.4 Å². The first-order chi connectivity index (χ1) is 15.5. The Balaban J connectivity index is 1.55. The number of carbonyl (C=O) groups excluding carboxylic acids is 1. The van der Waals surface area contributed by atoms with E-state index in [4.69, 9.17) is 20.8 Å². The van der Waals surface area contributed by atoms with Crippen molar-refractivity contribution in [3.05, 3.63) is 65.7 Å². The highest BCUT2D eigenvalue weighted by atomic mass is 35.5. The van der Waals surface area contributed by atoms with Crippen LogP contribution in [0.4, 0.5) is 5.69 Å². The van der Waals surface area contributed by atoms with Gasteiger partial charge in [0.2, 0.25) is 11.7 Å². The first-order valence-corrected chi connectivity index (χ1v) is 11.2. The average Bonchev–Trinajstić information content (AvgIpc) is 3.39. The molecule has 0 atom stereocenters. The Morgan fingerprint density at radius 3 is 2.91 bits per heavy atom. The highest BCUT2D eigenvalue weighted by Crippen LogP contribution is 2.34. The third kappa shape index (κ3) is 4.37. The standard InChI is InChI=1S/C23H21ClN4O3S/c1-4-11-28-22(19-12-15-7-5-10-18(30-3)21(15)31-19)26-27-23(28)32-13-20(29)25-17-9-6-8-16(24)14(17)2/h4-10,12H,1,11,13H2,2-3H3,(H,25,29). The van der Waals surface area contributed by atoms with Gasteiger partial charge in [-0.05, 0) is 36.8 Å². The van der Waals surface area contributed by atoms with Crippen molar-refractivity contribution in [1.29, 1.82) is 0 Å². The number of amides is 1. The lowest BCUT2D eigenvalue weighted by atomic mass is 10.2. The number of ether oxygens (including phenoxy) is 1. The van der Waals surface area contributed by atoms with Gasteiger partial charge in [0, 0.05) is 22.6 Å². The highest BCUT2D eigenvalue weighted by Gasteiger charge is 2.19. The zero-order valence-corrected chi connectivity index (χ0v) is 19.2. The van der Waals surface area contributed by atoms with E-state index < -0.39 is 0 Å². The van der Waals surface area contributed by atoms with Gasteiger partial charge in [-0.3, -0.25) is 9.36 Å². The quantitative estimate of drug-likeness (QED) is 0.268. The van der Waals surface area contributed by atoms with Crippen LogP contribution in [-0.4, -0.2) is 33.5 Å². The maximum Gasteiger partial charge on any atom is 0.234 e. The van der Waals surface area contributed by atoms with Crippen LogP contribution in [0.1, 0.15) is 5.56 Å². The van der Waals surface area contributed by atoms with Gasteiger partial charge in [0.25, 0.3) is 0 Å². The highest BCUT2D eigenvalue weighted by molar-refractivity contribution is 7.99. The monoisotopic (exact) mass is 468 g/mol. The summed E-state index contributed by atoms with van der Waals surface area (Å²) < 4.78 is 13.3. The minimum absolute atomic E-state index is 0.162. The number of rotatable bonds is 8. The molecule has 1 amide bonds. The molecule has 4 rings (SSSR count). The normalized spacial score (nSPS) is 11.0. The number of carbonyl (C=O) groups is 1. The molecular formula is C23H21ClN4O3S.